The molecule has 0 bridgehead atoms. The monoisotopic (exact) mass is 328 g/mol. The van der Waals surface area contributed by atoms with Crippen molar-refractivity contribution < 1.29 is 27.8 Å². The predicted octanol–water partition coefficient (Wildman–Crippen LogP) is 2.57. The second-order valence-corrected chi connectivity index (χ2v) is 6.30. The van der Waals surface area contributed by atoms with Gasteiger partial charge in [0.1, 0.15) is 14.0 Å². The number of halogens is 1. The topological polar surface area (TPSA) is 65.0 Å². The molecule has 1 aromatic carbocycles. The van der Waals surface area contributed by atoms with E-state index >= 15 is 0 Å². The Kier molecular flexibility index (Phi) is 7.46. The van der Waals surface area contributed by atoms with Crippen LogP contribution in [0.2, 0.25) is 0 Å². The lowest BCUT2D eigenvalue weighted by Crippen LogP contribution is -2.35. The first-order valence-electron chi connectivity index (χ1n) is 6.47. The first-order chi connectivity index (χ1) is 10.4. The standard InChI is InChI=1S/C14H19BFO5P/c1-19-13(11(15)9-22(17,18)21-3)14(20-2)12(16)10-7-5-4-6-8-10/h4-9,12-14H,1-3H3,(H,17,18)/b11-9-/t12-,13+,14-/m0/s1. The number of hydrogen-bond donors (Lipinski definition) is 1. The third-order valence-corrected chi connectivity index (χ3v) is 4.28. The number of ether oxygens (including phenoxy) is 2. The fourth-order valence-electron chi connectivity index (χ4n) is 2.00. The molecule has 5 nitrogen and oxygen atoms in total. The van der Waals surface area contributed by atoms with E-state index in [-0.39, 0.29) is 5.47 Å². The van der Waals surface area contributed by atoms with Crippen LogP contribution in [0, 0.1) is 0 Å². The Morgan fingerprint density at radius 3 is 2.32 bits per heavy atom. The summed E-state index contributed by atoms with van der Waals surface area (Å²) in [6, 6.07) is 8.37. The molecule has 0 aliphatic carbocycles. The van der Waals surface area contributed by atoms with E-state index < -0.39 is 26.0 Å². The Balaban J connectivity index is 3.07. The Labute approximate surface area is 131 Å². The quantitative estimate of drug-likeness (QED) is 0.587. The summed E-state index contributed by atoms with van der Waals surface area (Å²) in [5.74, 6) is 0.824. The van der Waals surface area contributed by atoms with Gasteiger partial charge in [-0.1, -0.05) is 35.8 Å². The highest BCUT2D eigenvalue weighted by Crippen LogP contribution is 2.44. The van der Waals surface area contributed by atoms with E-state index in [1.54, 1.807) is 30.3 Å². The zero-order valence-electron chi connectivity index (χ0n) is 12.7. The van der Waals surface area contributed by atoms with Crippen LogP contribution in [0.5, 0.6) is 0 Å². The van der Waals surface area contributed by atoms with Crippen LogP contribution in [0.3, 0.4) is 0 Å². The molecule has 0 fully saturated rings. The van der Waals surface area contributed by atoms with Gasteiger partial charge in [0, 0.05) is 27.1 Å². The van der Waals surface area contributed by atoms with Gasteiger partial charge in [0.05, 0.1) is 6.10 Å². The van der Waals surface area contributed by atoms with Crippen molar-refractivity contribution in [3.63, 3.8) is 0 Å². The van der Waals surface area contributed by atoms with Gasteiger partial charge in [-0.05, 0) is 5.56 Å². The van der Waals surface area contributed by atoms with Gasteiger partial charge in [0.25, 0.3) is 0 Å². The summed E-state index contributed by atoms with van der Waals surface area (Å²) in [5, 5.41) is 0. The molecule has 0 aliphatic heterocycles. The first-order valence-corrected chi connectivity index (χ1v) is 8.12. The van der Waals surface area contributed by atoms with Gasteiger partial charge >= 0.3 is 7.60 Å². The molecule has 0 aromatic heterocycles. The summed E-state index contributed by atoms with van der Waals surface area (Å²) in [4.78, 5) is 9.43. The van der Waals surface area contributed by atoms with Gasteiger partial charge in [0.2, 0.25) is 0 Å². The number of methoxy groups -OCH3 is 2. The lowest BCUT2D eigenvalue weighted by Gasteiger charge is -2.29. The van der Waals surface area contributed by atoms with Crippen LogP contribution < -0.4 is 0 Å². The minimum atomic E-state index is -3.99. The van der Waals surface area contributed by atoms with Crippen molar-refractivity contribution in [3.05, 3.63) is 47.2 Å². The summed E-state index contributed by atoms with van der Waals surface area (Å²) in [7, 11) is 5.46. The molecular formula is C14H19BFO5P. The van der Waals surface area contributed by atoms with Gasteiger partial charge in [-0.2, -0.15) is 0 Å². The molecule has 0 aliphatic rings. The van der Waals surface area contributed by atoms with Crippen molar-refractivity contribution in [2.24, 2.45) is 0 Å². The van der Waals surface area contributed by atoms with Crippen molar-refractivity contribution in [1.29, 1.82) is 0 Å². The Bertz CT molecular complexity index is 539. The van der Waals surface area contributed by atoms with Crippen LogP contribution in [-0.2, 0) is 18.6 Å². The molecule has 120 valence electrons. The number of alkyl halides is 1. The van der Waals surface area contributed by atoms with Crippen LogP contribution in [0.15, 0.2) is 41.6 Å². The SMILES string of the molecule is [B]/C(=C\P(=O)(O)OC)[C@@H](OC)[C@@H](OC)[C@@H](F)c1ccccc1. The highest BCUT2D eigenvalue weighted by molar-refractivity contribution is 7.56. The fourth-order valence-corrected chi connectivity index (χ4v) is 2.63. The van der Waals surface area contributed by atoms with Gasteiger partial charge in [-0.3, -0.25) is 4.57 Å². The summed E-state index contributed by atoms with van der Waals surface area (Å²) >= 11 is 0. The summed E-state index contributed by atoms with van der Waals surface area (Å²) in [6.07, 6.45) is -3.65. The molecule has 4 atom stereocenters. The van der Waals surface area contributed by atoms with Crippen molar-refractivity contribution in [1.82, 2.24) is 0 Å². The van der Waals surface area contributed by atoms with Gasteiger partial charge in [0.15, 0.2) is 6.17 Å². The zero-order chi connectivity index (χ0) is 16.8. The van der Waals surface area contributed by atoms with E-state index in [0.717, 1.165) is 12.9 Å². The van der Waals surface area contributed by atoms with Crippen LogP contribution in [-0.4, -0.2) is 46.3 Å². The first kappa shape index (κ1) is 19.1. The molecule has 1 N–H and O–H groups in total. The molecule has 1 unspecified atom stereocenters. The highest BCUT2D eigenvalue weighted by Gasteiger charge is 2.33. The Hall–Kier alpha value is -0.975. The van der Waals surface area contributed by atoms with E-state index in [0.29, 0.717) is 5.56 Å². The van der Waals surface area contributed by atoms with E-state index in [1.807, 2.05) is 0 Å². The molecule has 1 rings (SSSR count). The molecule has 8 heteroatoms. The lowest BCUT2D eigenvalue weighted by atomic mass is 9.86. The second-order valence-electron chi connectivity index (χ2n) is 4.54. The highest BCUT2D eigenvalue weighted by atomic mass is 31.2. The largest absolute Gasteiger partial charge is 0.375 e. The van der Waals surface area contributed by atoms with E-state index in [1.165, 1.54) is 14.2 Å². The Morgan fingerprint density at radius 2 is 1.86 bits per heavy atom. The molecule has 22 heavy (non-hydrogen) atoms. The number of hydrogen-bond acceptors (Lipinski definition) is 4. The summed E-state index contributed by atoms with van der Waals surface area (Å²) in [5.41, 5.74) is 0.253. The predicted molar refractivity (Wildman–Crippen MR) is 82.6 cm³/mol. The van der Waals surface area contributed by atoms with Crippen LogP contribution >= 0.6 is 7.60 Å². The minimum absolute atomic E-state index is 0.138. The van der Waals surface area contributed by atoms with Crippen molar-refractivity contribution in [3.8, 4) is 0 Å². The summed E-state index contributed by atoms with van der Waals surface area (Å²) < 4.78 is 40.9. The fraction of sp³-hybridized carbons (Fsp3) is 0.429. The zero-order valence-corrected chi connectivity index (χ0v) is 13.6. The lowest BCUT2D eigenvalue weighted by molar-refractivity contribution is -0.0553. The normalized spacial score (nSPS) is 19.2. The van der Waals surface area contributed by atoms with Crippen LogP contribution in [0.4, 0.5) is 4.39 Å². The molecule has 0 heterocycles. The average Bonchev–Trinajstić information content (AvgIpc) is 2.52. The molecule has 0 amide bonds. The third kappa shape index (κ3) is 5.04. The van der Waals surface area contributed by atoms with Gasteiger partial charge < -0.3 is 18.9 Å². The molecule has 0 saturated heterocycles. The molecule has 0 spiro atoms. The van der Waals surface area contributed by atoms with Gasteiger partial charge in [-0.25, -0.2) is 4.39 Å². The number of rotatable bonds is 8. The van der Waals surface area contributed by atoms with Crippen molar-refractivity contribution in [2.75, 3.05) is 21.3 Å². The minimum Gasteiger partial charge on any atom is -0.375 e. The van der Waals surface area contributed by atoms with Crippen molar-refractivity contribution in [2.45, 2.75) is 18.4 Å². The maximum Gasteiger partial charge on any atom is 0.350 e. The average molecular weight is 328 g/mol. The van der Waals surface area contributed by atoms with E-state index in [4.69, 9.17) is 17.3 Å². The van der Waals surface area contributed by atoms with Crippen molar-refractivity contribution >= 4 is 15.4 Å². The maximum atomic E-state index is 14.7. The van der Waals surface area contributed by atoms with E-state index in [2.05, 4.69) is 4.52 Å². The molecule has 0 saturated carbocycles. The third-order valence-electron chi connectivity index (χ3n) is 3.13. The number of benzene rings is 1. The van der Waals surface area contributed by atoms with Crippen LogP contribution in [0.1, 0.15) is 11.7 Å². The summed E-state index contributed by atoms with van der Waals surface area (Å²) in [6.45, 7) is 0. The maximum absolute atomic E-state index is 14.7. The van der Waals surface area contributed by atoms with Gasteiger partial charge in [-0.15, -0.1) is 0 Å². The molecule has 1 aromatic rings. The van der Waals surface area contributed by atoms with E-state index in [9.17, 15) is 13.8 Å². The smallest absolute Gasteiger partial charge is 0.350 e. The Morgan fingerprint density at radius 1 is 1.27 bits per heavy atom. The van der Waals surface area contributed by atoms with Crippen LogP contribution in [0.25, 0.3) is 0 Å². The molecular weight excluding hydrogens is 309 g/mol. The molecule has 2 radical (unpaired) electrons. The second kappa shape index (κ2) is 8.60.